The highest BCUT2D eigenvalue weighted by atomic mass is 32.1. The predicted octanol–water partition coefficient (Wildman–Crippen LogP) is 4.68. The summed E-state index contributed by atoms with van der Waals surface area (Å²) < 4.78 is 11.5. The largest absolute Gasteiger partial charge is 0.494 e. The summed E-state index contributed by atoms with van der Waals surface area (Å²) in [5, 5.41) is 2.52. The fraction of sp³-hybridized carbons (Fsp3) is 0.250. The molecule has 8 heteroatoms. The van der Waals surface area contributed by atoms with Crippen molar-refractivity contribution in [3.8, 4) is 11.5 Å². The van der Waals surface area contributed by atoms with Crippen molar-refractivity contribution in [3.05, 3.63) is 95.6 Å². The molecule has 0 atom stereocenters. The first-order chi connectivity index (χ1) is 17.4. The second kappa shape index (κ2) is 13.8. The lowest BCUT2D eigenvalue weighted by Gasteiger charge is -2.14. The van der Waals surface area contributed by atoms with Gasteiger partial charge in [-0.05, 0) is 66.5 Å². The van der Waals surface area contributed by atoms with Gasteiger partial charge in [-0.3, -0.25) is 25.8 Å². The first kappa shape index (κ1) is 26.7. The Labute approximate surface area is 217 Å². The monoisotopic (exact) mass is 505 g/mol. The van der Waals surface area contributed by atoms with Crippen molar-refractivity contribution in [2.75, 3.05) is 13.2 Å². The van der Waals surface area contributed by atoms with Crippen LogP contribution in [0.4, 0.5) is 0 Å². The summed E-state index contributed by atoms with van der Waals surface area (Å²) in [5.74, 6) is 0.872. The van der Waals surface area contributed by atoms with Crippen molar-refractivity contribution in [3.63, 3.8) is 0 Å². The van der Waals surface area contributed by atoms with Gasteiger partial charge < -0.3 is 9.47 Å². The lowest BCUT2D eigenvalue weighted by Crippen LogP contribution is -2.48. The van der Waals surface area contributed by atoms with Gasteiger partial charge in [-0.15, -0.1) is 0 Å². The molecule has 0 radical (unpaired) electrons. The van der Waals surface area contributed by atoms with E-state index in [0.29, 0.717) is 48.2 Å². The van der Waals surface area contributed by atoms with Gasteiger partial charge in [-0.2, -0.15) is 0 Å². The number of para-hydroxylation sites is 1. The van der Waals surface area contributed by atoms with Crippen molar-refractivity contribution in [2.24, 2.45) is 5.92 Å². The van der Waals surface area contributed by atoms with Gasteiger partial charge in [0.2, 0.25) is 0 Å². The predicted molar refractivity (Wildman–Crippen MR) is 144 cm³/mol. The van der Waals surface area contributed by atoms with Crippen LogP contribution in [0, 0.1) is 5.92 Å². The highest BCUT2D eigenvalue weighted by Crippen LogP contribution is 2.18. The molecule has 188 valence electrons. The highest BCUT2D eigenvalue weighted by Gasteiger charge is 2.14. The Morgan fingerprint density at radius 3 is 2.22 bits per heavy atom. The number of carbonyl (C=O) groups excluding carboxylic acids is 2. The van der Waals surface area contributed by atoms with Gasteiger partial charge in [-0.25, -0.2) is 0 Å². The van der Waals surface area contributed by atoms with E-state index in [1.165, 1.54) is 0 Å². The maximum atomic E-state index is 12.7. The molecule has 0 aromatic heterocycles. The van der Waals surface area contributed by atoms with E-state index in [1.807, 2.05) is 30.3 Å². The second-order valence-corrected chi connectivity index (χ2v) is 8.91. The summed E-state index contributed by atoms with van der Waals surface area (Å²) in [6.07, 6.45) is 1.67. The van der Waals surface area contributed by atoms with E-state index in [4.69, 9.17) is 21.7 Å². The molecule has 3 aromatic carbocycles. The first-order valence-electron chi connectivity index (χ1n) is 11.8. The van der Waals surface area contributed by atoms with Gasteiger partial charge in [0.25, 0.3) is 11.8 Å². The van der Waals surface area contributed by atoms with E-state index in [0.717, 1.165) is 12.0 Å². The summed E-state index contributed by atoms with van der Waals surface area (Å²) >= 11 is 5.16. The van der Waals surface area contributed by atoms with Crippen LogP contribution in [0.15, 0.2) is 78.9 Å². The molecule has 3 aromatic rings. The van der Waals surface area contributed by atoms with E-state index in [9.17, 15) is 9.59 Å². The third-order valence-electron chi connectivity index (χ3n) is 5.22. The molecular formula is C28H31N3O4S. The van der Waals surface area contributed by atoms with E-state index in [2.05, 4.69) is 30.0 Å². The Morgan fingerprint density at radius 2 is 1.50 bits per heavy atom. The summed E-state index contributed by atoms with van der Waals surface area (Å²) in [5.41, 5.74) is 6.95. The minimum Gasteiger partial charge on any atom is -0.494 e. The molecule has 0 heterocycles. The molecule has 0 unspecified atom stereocenters. The Hall–Kier alpha value is -3.91. The van der Waals surface area contributed by atoms with Crippen LogP contribution in [-0.4, -0.2) is 30.1 Å². The van der Waals surface area contributed by atoms with Gasteiger partial charge in [0.05, 0.1) is 18.8 Å². The normalized spacial score (nSPS) is 10.4. The number of ether oxygens (including phenoxy) is 2. The van der Waals surface area contributed by atoms with Gasteiger partial charge in [0, 0.05) is 12.0 Å². The maximum absolute atomic E-state index is 12.7. The maximum Gasteiger partial charge on any atom is 0.269 e. The molecule has 0 bridgehead atoms. The molecular weight excluding hydrogens is 474 g/mol. The standard InChI is InChI=1S/C28H31N3O4S/c1-20(2)16-18-34-23-14-12-22(13-15-23)26(32)30-31-28(36)29-27(33)24-10-6-7-11-25(24)35-19-17-21-8-4-3-5-9-21/h3-15,20H,16-19H2,1-2H3,(H,30,32)(H2,29,31,33,36). The van der Waals surface area contributed by atoms with Crippen molar-refractivity contribution < 1.29 is 19.1 Å². The highest BCUT2D eigenvalue weighted by molar-refractivity contribution is 7.80. The molecule has 0 spiro atoms. The molecule has 0 aliphatic rings. The minimum atomic E-state index is -0.444. The lowest BCUT2D eigenvalue weighted by atomic mass is 10.1. The minimum absolute atomic E-state index is 0.0407. The molecule has 0 saturated carbocycles. The van der Waals surface area contributed by atoms with Crippen LogP contribution in [0.5, 0.6) is 11.5 Å². The number of rotatable bonds is 10. The molecule has 7 nitrogen and oxygen atoms in total. The van der Waals surface area contributed by atoms with Crippen molar-refractivity contribution >= 4 is 29.1 Å². The number of hydrazine groups is 1. The third kappa shape index (κ3) is 8.70. The van der Waals surface area contributed by atoms with Crippen LogP contribution in [0.2, 0.25) is 0 Å². The zero-order valence-electron chi connectivity index (χ0n) is 20.5. The van der Waals surface area contributed by atoms with Crippen molar-refractivity contribution in [1.29, 1.82) is 0 Å². The molecule has 2 amide bonds. The van der Waals surface area contributed by atoms with Gasteiger partial charge in [0.15, 0.2) is 5.11 Å². The summed E-state index contributed by atoms with van der Waals surface area (Å²) in [6.45, 7) is 5.32. The van der Waals surface area contributed by atoms with Crippen LogP contribution in [-0.2, 0) is 6.42 Å². The molecule has 3 rings (SSSR count). The summed E-state index contributed by atoms with van der Waals surface area (Å²) in [6, 6.07) is 23.7. The molecule has 0 aliphatic carbocycles. The molecule has 0 aliphatic heterocycles. The van der Waals surface area contributed by atoms with Gasteiger partial charge in [-0.1, -0.05) is 56.3 Å². The average Bonchev–Trinajstić information content (AvgIpc) is 2.88. The topological polar surface area (TPSA) is 88.7 Å². The third-order valence-corrected chi connectivity index (χ3v) is 5.42. The number of hydrogen-bond acceptors (Lipinski definition) is 5. The average molecular weight is 506 g/mol. The van der Waals surface area contributed by atoms with Gasteiger partial charge >= 0.3 is 0 Å². The second-order valence-electron chi connectivity index (χ2n) is 8.50. The number of hydrogen-bond donors (Lipinski definition) is 3. The number of nitrogens with one attached hydrogen (secondary N) is 3. The number of amides is 2. The van der Waals surface area contributed by atoms with E-state index >= 15 is 0 Å². The summed E-state index contributed by atoms with van der Waals surface area (Å²) in [7, 11) is 0. The Kier molecular flexibility index (Phi) is 10.3. The van der Waals surface area contributed by atoms with Crippen LogP contribution in [0.1, 0.15) is 46.5 Å². The number of carbonyl (C=O) groups is 2. The Morgan fingerprint density at radius 1 is 0.806 bits per heavy atom. The summed E-state index contributed by atoms with van der Waals surface area (Å²) in [4.78, 5) is 25.1. The molecule has 36 heavy (non-hydrogen) atoms. The van der Waals surface area contributed by atoms with Crippen LogP contribution in [0.25, 0.3) is 0 Å². The molecule has 3 N–H and O–H groups in total. The molecule has 0 saturated heterocycles. The zero-order valence-corrected chi connectivity index (χ0v) is 21.3. The quantitative estimate of drug-likeness (QED) is 0.274. The first-order valence-corrected chi connectivity index (χ1v) is 12.2. The lowest BCUT2D eigenvalue weighted by molar-refractivity contribution is 0.0933. The fourth-order valence-corrected chi connectivity index (χ4v) is 3.35. The molecule has 0 fully saturated rings. The van der Waals surface area contributed by atoms with Crippen LogP contribution in [0.3, 0.4) is 0 Å². The smallest absolute Gasteiger partial charge is 0.269 e. The van der Waals surface area contributed by atoms with Crippen molar-refractivity contribution in [1.82, 2.24) is 16.2 Å². The van der Waals surface area contributed by atoms with E-state index < -0.39 is 11.8 Å². The zero-order chi connectivity index (χ0) is 25.8. The van der Waals surface area contributed by atoms with Crippen molar-refractivity contribution in [2.45, 2.75) is 26.7 Å². The van der Waals surface area contributed by atoms with Crippen LogP contribution < -0.4 is 25.6 Å². The fourth-order valence-electron chi connectivity index (χ4n) is 3.21. The van der Waals surface area contributed by atoms with Gasteiger partial charge in [0.1, 0.15) is 11.5 Å². The number of thiocarbonyl (C=S) groups is 1. The number of benzene rings is 3. The Balaban J connectivity index is 1.46. The van der Waals surface area contributed by atoms with E-state index in [1.54, 1.807) is 48.5 Å². The van der Waals surface area contributed by atoms with E-state index in [-0.39, 0.29) is 5.11 Å². The van der Waals surface area contributed by atoms with Crippen LogP contribution >= 0.6 is 12.2 Å². The SMILES string of the molecule is CC(C)CCOc1ccc(C(=O)NNC(=S)NC(=O)c2ccccc2OCCc2ccccc2)cc1. The Bertz CT molecular complexity index is 1150.